The van der Waals surface area contributed by atoms with Crippen LogP contribution in [0.3, 0.4) is 0 Å². The largest absolute Gasteiger partial charge is 0.291 e. The van der Waals surface area contributed by atoms with Crippen LogP contribution < -0.4 is 5.43 Å². The van der Waals surface area contributed by atoms with Crippen LogP contribution in [0.25, 0.3) is 0 Å². The maximum Gasteiger partial charge on any atom is 0.291 e. The van der Waals surface area contributed by atoms with Crippen molar-refractivity contribution in [1.29, 1.82) is 0 Å². The summed E-state index contributed by atoms with van der Waals surface area (Å²) in [6.07, 6.45) is 6.42. The Labute approximate surface area is 148 Å². The molecule has 0 atom stereocenters. The second kappa shape index (κ2) is 7.79. The second-order valence-corrected chi connectivity index (χ2v) is 5.30. The summed E-state index contributed by atoms with van der Waals surface area (Å²) in [5.41, 5.74) is 4.30. The number of hydrazone groups is 1. The lowest BCUT2D eigenvalue weighted by Gasteiger charge is -2.01. The number of nitro benzene ring substituents is 1. The van der Waals surface area contributed by atoms with E-state index in [0.29, 0.717) is 6.54 Å². The molecular formula is C17H14N6O3. The molecular weight excluding hydrogens is 336 g/mol. The van der Waals surface area contributed by atoms with Gasteiger partial charge in [-0.05, 0) is 29.3 Å². The maximum atomic E-state index is 12.0. The van der Waals surface area contributed by atoms with Gasteiger partial charge < -0.3 is 0 Å². The third-order valence-corrected chi connectivity index (χ3v) is 3.45. The molecule has 1 N–H and O–H groups in total. The molecule has 0 unspecified atom stereocenters. The Kier molecular flexibility index (Phi) is 5.08. The van der Waals surface area contributed by atoms with E-state index < -0.39 is 10.8 Å². The van der Waals surface area contributed by atoms with E-state index in [-0.39, 0.29) is 11.4 Å². The Morgan fingerprint density at radius 2 is 1.92 bits per heavy atom. The number of aromatic nitrogens is 3. The number of hydrogen-bond acceptors (Lipinski definition) is 6. The Balaban J connectivity index is 1.59. The fraction of sp³-hybridized carbons (Fsp3) is 0.0588. The molecule has 0 fully saturated rings. The molecule has 0 spiro atoms. The third kappa shape index (κ3) is 4.35. The molecule has 9 heteroatoms. The molecule has 0 saturated heterocycles. The van der Waals surface area contributed by atoms with Crippen molar-refractivity contribution in [2.45, 2.75) is 6.54 Å². The van der Waals surface area contributed by atoms with Crippen LogP contribution in [0.1, 0.15) is 21.6 Å². The summed E-state index contributed by atoms with van der Waals surface area (Å²) in [5, 5.41) is 18.7. The molecule has 3 aromatic rings. The molecule has 0 aliphatic carbocycles. The van der Waals surface area contributed by atoms with Gasteiger partial charge in [0.1, 0.15) is 0 Å². The average Bonchev–Trinajstić information content (AvgIpc) is 3.11. The first-order valence-electron chi connectivity index (χ1n) is 7.62. The third-order valence-electron chi connectivity index (χ3n) is 3.45. The Morgan fingerprint density at radius 3 is 2.62 bits per heavy atom. The fourth-order valence-corrected chi connectivity index (χ4v) is 2.15. The van der Waals surface area contributed by atoms with Crippen LogP contribution in [-0.2, 0) is 6.54 Å². The normalized spacial score (nSPS) is 10.8. The molecule has 2 heterocycles. The van der Waals surface area contributed by atoms with Gasteiger partial charge in [0.25, 0.3) is 11.6 Å². The average molecular weight is 350 g/mol. The molecule has 0 saturated carbocycles. The SMILES string of the molecule is O=C(N/N=C\c1ccncc1)c1ccn(Cc2ccc([N+](=O)[O-])cc2)n1. The molecule has 9 nitrogen and oxygen atoms in total. The summed E-state index contributed by atoms with van der Waals surface area (Å²) < 4.78 is 1.57. The van der Waals surface area contributed by atoms with Gasteiger partial charge in [-0.3, -0.25) is 24.6 Å². The van der Waals surface area contributed by atoms with Crippen LogP contribution >= 0.6 is 0 Å². The highest BCUT2D eigenvalue weighted by molar-refractivity contribution is 5.92. The van der Waals surface area contributed by atoms with Gasteiger partial charge in [0.15, 0.2) is 5.69 Å². The number of amides is 1. The molecule has 0 aliphatic heterocycles. The zero-order chi connectivity index (χ0) is 18.4. The summed E-state index contributed by atoms with van der Waals surface area (Å²) in [7, 11) is 0. The van der Waals surface area contributed by atoms with Gasteiger partial charge in [-0.2, -0.15) is 10.2 Å². The number of non-ortho nitro benzene ring substituents is 1. The van der Waals surface area contributed by atoms with Crippen LogP contribution in [0.2, 0.25) is 0 Å². The maximum absolute atomic E-state index is 12.0. The van der Waals surface area contributed by atoms with Crippen molar-refractivity contribution < 1.29 is 9.72 Å². The summed E-state index contributed by atoms with van der Waals surface area (Å²) in [5.74, 6) is -0.433. The summed E-state index contributed by atoms with van der Waals surface area (Å²) in [6.45, 7) is 0.394. The van der Waals surface area contributed by atoms with Crippen LogP contribution in [0.5, 0.6) is 0 Å². The lowest BCUT2D eigenvalue weighted by molar-refractivity contribution is -0.384. The second-order valence-electron chi connectivity index (χ2n) is 5.30. The minimum Gasteiger partial charge on any atom is -0.268 e. The summed E-state index contributed by atoms with van der Waals surface area (Å²) in [4.78, 5) is 26.1. The van der Waals surface area contributed by atoms with Crippen molar-refractivity contribution >= 4 is 17.8 Å². The van der Waals surface area contributed by atoms with Crippen LogP contribution in [0.4, 0.5) is 5.69 Å². The zero-order valence-corrected chi connectivity index (χ0v) is 13.5. The fourth-order valence-electron chi connectivity index (χ4n) is 2.15. The predicted octanol–water partition coefficient (Wildman–Crippen LogP) is 2.00. The molecule has 0 aliphatic rings. The van der Waals surface area contributed by atoms with E-state index >= 15 is 0 Å². The van der Waals surface area contributed by atoms with Crippen LogP contribution in [-0.4, -0.2) is 31.8 Å². The molecule has 0 radical (unpaired) electrons. The minimum absolute atomic E-state index is 0.0290. The Bertz CT molecular complexity index is 935. The number of carbonyl (C=O) groups is 1. The number of nitrogens with zero attached hydrogens (tertiary/aromatic N) is 5. The summed E-state index contributed by atoms with van der Waals surface area (Å²) >= 11 is 0. The van der Waals surface area contributed by atoms with E-state index in [2.05, 4.69) is 20.6 Å². The Hall–Kier alpha value is -3.88. The van der Waals surface area contributed by atoms with E-state index in [4.69, 9.17) is 0 Å². The molecule has 130 valence electrons. The van der Waals surface area contributed by atoms with Gasteiger partial charge in [-0.15, -0.1) is 0 Å². The van der Waals surface area contributed by atoms with Crippen molar-refractivity contribution in [1.82, 2.24) is 20.2 Å². The minimum atomic E-state index is -0.452. The molecule has 2 aromatic heterocycles. The van der Waals surface area contributed by atoms with E-state index in [1.165, 1.54) is 18.3 Å². The van der Waals surface area contributed by atoms with Crippen molar-refractivity contribution in [3.63, 3.8) is 0 Å². The molecule has 1 aromatic carbocycles. The van der Waals surface area contributed by atoms with Gasteiger partial charge in [0, 0.05) is 30.7 Å². The molecule has 1 amide bonds. The van der Waals surface area contributed by atoms with Gasteiger partial charge in [0.05, 0.1) is 17.7 Å². The number of nitro groups is 1. The quantitative estimate of drug-likeness (QED) is 0.415. The number of carbonyl (C=O) groups excluding carboxylic acids is 1. The monoisotopic (exact) mass is 350 g/mol. The van der Waals surface area contributed by atoms with Gasteiger partial charge in [0.2, 0.25) is 0 Å². The predicted molar refractivity (Wildman–Crippen MR) is 93.7 cm³/mol. The smallest absolute Gasteiger partial charge is 0.268 e. The molecule has 26 heavy (non-hydrogen) atoms. The van der Waals surface area contributed by atoms with E-state index in [9.17, 15) is 14.9 Å². The molecule has 3 rings (SSSR count). The lowest BCUT2D eigenvalue weighted by Crippen LogP contribution is -2.18. The van der Waals surface area contributed by atoms with Crippen molar-refractivity contribution in [3.8, 4) is 0 Å². The Morgan fingerprint density at radius 1 is 1.19 bits per heavy atom. The first kappa shape index (κ1) is 17.0. The standard InChI is InChI=1S/C17H14N6O3/c24-17(20-19-11-13-5-8-18-9-6-13)16-7-10-22(21-16)12-14-1-3-15(4-2-14)23(25)26/h1-11H,12H2,(H,20,24)/b19-11-. The zero-order valence-electron chi connectivity index (χ0n) is 13.5. The first-order valence-corrected chi connectivity index (χ1v) is 7.62. The topological polar surface area (TPSA) is 115 Å². The summed E-state index contributed by atoms with van der Waals surface area (Å²) in [6, 6.07) is 11.3. The number of pyridine rings is 1. The van der Waals surface area contributed by atoms with Crippen molar-refractivity contribution in [3.05, 3.63) is 88.0 Å². The highest BCUT2D eigenvalue weighted by atomic mass is 16.6. The van der Waals surface area contributed by atoms with Crippen molar-refractivity contribution in [2.24, 2.45) is 5.10 Å². The number of benzene rings is 1. The van der Waals surface area contributed by atoms with E-state index in [0.717, 1.165) is 11.1 Å². The van der Waals surface area contributed by atoms with Crippen LogP contribution in [0.15, 0.2) is 66.2 Å². The highest BCUT2D eigenvalue weighted by Gasteiger charge is 2.09. The molecule has 0 bridgehead atoms. The van der Waals surface area contributed by atoms with Gasteiger partial charge in [-0.1, -0.05) is 12.1 Å². The van der Waals surface area contributed by atoms with Gasteiger partial charge >= 0.3 is 0 Å². The highest BCUT2D eigenvalue weighted by Crippen LogP contribution is 2.12. The van der Waals surface area contributed by atoms with Gasteiger partial charge in [-0.25, -0.2) is 5.43 Å². The lowest BCUT2D eigenvalue weighted by atomic mass is 10.2. The number of nitrogens with one attached hydrogen (secondary N) is 1. The number of hydrogen-bond donors (Lipinski definition) is 1. The first-order chi connectivity index (χ1) is 12.6. The van der Waals surface area contributed by atoms with E-state index in [1.807, 2.05) is 0 Å². The van der Waals surface area contributed by atoms with Crippen molar-refractivity contribution in [2.75, 3.05) is 0 Å². The van der Waals surface area contributed by atoms with E-state index in [1.54, 1.807) is 53.6 Å². The van der Waals surface area contributed by atoms with Crippen LogP contribution in [0, 0.1) is 10.1 Å². The number of rotatable bonds is 6.